The lowest BCUT2D eigenvalue weighted by atomic mass is 10.1. The number of hydrogen-bond acceptors (Lipinski definition) is 5. The van der Waals surface area contributed by atoms with Gasteiger partial charge < -0.3 is 13.9 Å². The molecule has 0 saturated heterocycles. The number of ether oxygens (including phenoxy) is 2. The van der Waals surface area contributed by atoms with Crippen molar-refractivity contribution < 1.29 is 18.3 Å². The highest BCUT2D eigenvalue weighted by Crippen LogP contribution is 2.34. The molecule has 0 bridgehead atoms. The van der Waals surface area contributed by atoms with Crippen LogP contribution >= 0.6 is 11.8 Å². The summed E-state index contributed by atoms with van der Waals surface area (Å²) in [5.41, 5.74) is 3.08. The van der Waals surface area contributed by atoms with Crippen molar-refractivity contribution in [1.29, 1.82) is 0 Å². The van der Waals surface area contributed by atoms with Gasteiger partial charge in [0, 0.05) is 16.9 Å². The van der Waals surface area contributed by atoms with Crippen LogP contribution < -0.4 is 4.74 Å². The number of aromatic nitrogens is 1. The first kappa shape index (κ1) is 13.6. The van der Waals surface area contributed by atoms with Crippen LogP contribution in [0.5, 0.6) is 5.75 Å². The average Bonchev–Trinajstić information content (AvgIpc) is 2.95. The van der Waals surface area contributed by atoms with Gasteiger partial charge in [-0.05, 0) is 24.3 Å². The van der Waals surface area contributed by atoms with Crippen LogP contribution in [0.1, 0.15) is 11.1 Å². The number of oxazole rings is 1. The van der Waals surface area contributed by atoms with Gasteiger partial charge in [-0.15, -0.1) is 0 Å². The van der Waals surface area contributed by atoms with E-state index >= 15 is 0 Å². The predicted octanol–water partition coefficient (Wildman–Crippen LogP) is 4.13. The van der Waals surface area contributed by atoms with E-state index in [9.17, 15) is 4.39 Å². The lowest BCUT2D eigenvalue weighted by molar-refractivity contribution is -0.0171. The number of thioether (sulfide) groups is 1. The van der Waals surface area contributed by atoms with Crippen molar-refractivity contribution in [3.63, 3.8) is 0 Å². The standard InChI is InChI=1S/C16H12FNO3S/c17-12-5-10-7-19-9-20-15(10)11(6-12)8-22-16-18-13-3-1-2-4-14(13)21-16/h1-6H,7-9H2. The molecule has 1 aliphatic heterocycles. The minimum atomic E-state index is -0.291. The Balaban J connectivity index is 1.59. The number of benzene rings is 2. The van der Waals surface area contributed by atoms with Crippen molar-refractivity contribution in [2.24, 2.45) is 0 Å². The molecule has 0 amide bonds. The van der Waals surface area contributed by atoms with Crippen LogP contribution in [0.25, 0.3) is 11.1 Å². The zero-order valence-corrected chi connectivity index (χ0v) is 12.4. The zero-order chi connectivity index (χ0) is 14.9. The molecule has 0 saturated carbocycles. The van der Waals surface area contributed by atoms with Gasteiger partial charge >= 0.3 is 0 Å². The Bertz CT molecular complexity index is 800. The third kappa shape index (κ3) is 2.55. The molecule has 3 aromatic rings. The van der Waals surface area contributed by atoms with Gasteiger partial charge in [0.25, 0.3) is 5.22 Å². The molecule has 2 heterocycles. The fraction of sp³-hybridized carbons (Fsp3) is 0.188. The van der Waals surface area contributed by atoms with Crippen molar-refractivity contribution in [2.75, 3.05) is 6.79 Å². The van der Waals surface area contributed by atoms with E-state index in [1.165, 1.54) is 23.9 Å². The second-order valence-corrected chi connectivity index (χ2v) is 5.83. The van der Waals surface area contributed by atoms with Gasteiger partial charge in [-0.1, -0.05) is 23.9 Å². The topological polar surface area (TPSA) is 44.5 Å². The minimum absolute atomic E-state index is 0.194. The van der Waals surface area contributed by atoms with Crippen LogP contribution in [0.4, 0.5) is 4.39 Å². The summed E-state index contributed by atoms with van der Waals surface area (Å²) in [5.74, 6) is 0.935. The minimum Gasteiger partial charge on any atom is -0.467 e. The van der Waals surface area contributed by atoms with E-state index in [1.807, 2.05) is 24.3 Å². The first-order chi connectivity index (χ1) is 10.8. The fourth-order valence-corrected chi connectivity index (χ4v) is 3.22. The van der Waals surface area contributed by atoms with Gasteiger partial charge in [-0.3, -0.25) is 0 Å². The predicted molar refractivity (Wildman–Crippen MR) is 80.3 cm³/mol. The second kappa shape index (κ2) is 5.62. The third-order valence-corrected chi connectivity index (χ3v) is 4.25. The number of halogens is 1. The molecule has 0 fully saturated rings. The molecule has 22 heavy (non-hydrogen) atoms. The molecule has 0 atom stereocenters. The molecular formula is C16H12FNO3S. The number of para-hydroxylation sites is 2. The first-order valence-electron chi connectivity index (χ1n) is 6.80. The molecule has 0 radical (unpaired) electrons. The van der Waals surface area contributed by atoms with Gasteiger partial charge in [0.1, 0.15) is 17.1 Å². The van der Waals surface area contributed by atoms with Crippen LogP contribution in [0.15, 0.2) is 46.0 Å². The van der Waals surface area contributed by atoms with E-state index in [0.717, 1.165) is 22.2 Å². The maximum atomic E-state index is 13.7. The third-order valence-electron chi connectivity index (χ3n) is 3.38. The maximum Gasteiger partial charge on any atom is 0.257 e. The highest BCUT2D eigenvalue weighted by molar-refractivity contribution is 7.98. The molecule has 4 nitrogen and oxygen atoms in total. The normalized spacial score (nSPS) is 13.9. The molecule has 1 aromatic heterocycles. The largest absolute Gasteiger partial charge is 0.467 e. The monoisotopic (exact) mass is 317 g/mol. The summed E-state index contributed by atoms with van der Waals surface area (Å²) in [6.07, 6.45) is 0. The van der Waals surface area contributed by atoms with Crippen molar-refractivity contribution in [3.05, 3.63) is 53.3 Å². The van der Waals surface area contributed by atoms with Gasteiger partial charge in [-0.25, -0.2) is 9.37 Å². The molecule has 0 spiro atoms. The Kier molecular flexibility index (Phi) is 3.48. The van der Waals surface area contributed by atoms with Gasteiger partial charge in [0.2, 0.25) is 0 Å². The summed E-state index contributed by atoms with van der Waals surface area (Å²) in [6.45, 7) is 0.562. The van der Waals surface area contributed by atoms with Crippen LogP contribution in [-0.2, 0) is 17.1 Å². The summed E-state index contributed by atoms with van der Waals surface area (Å²) in [6, 6.07) is 10.5. The Labute approximate surface area is 130 Å². The first-order valence-corrected chi connectivity index (χ1v) is 7.78. The van der Waals surface area contributed by atoms with Gasteiger partial charge in [-0.2, -0.15) is 0 Å². The molecule has 6 heteroatoms. The maximum absolute atomic E-state index is 13.7. The molecule has 0 aliphatic carbocycles. The van der Waals surface area contributed by atoms with Gasteiger partial charge in [0.15, 0.2) is 12.4 Å². The molecular weight excluding hydrogens is 305 g/mol. The van der Waals surface area contributed by atoms with Crippen LogP contribution in [0.3, 0.4) is 0 Å². The summed E-state index contributed by atoms with van der Waals surface area (Å²) >= 11 is 1.42. The van der Waals surface area contributed by atoms with Crippen molar-refractivity contribution >= 4 is 22.9 Å². The Morgan fingerprint density at radius 3 is 3.05 bits per heavy atom. The molecule has 4 rings (SSSR count). The highest BCUT2D eigenvalue weighted by atomic mass is 32.2. The quantitative estimate of drug-likeness (QED) is 0.680. The molecule has 112 valence electrons. The second-order valence-electron chi connectivity index (χ2n) is 4.90. The van der Waals surface area contributed by atoms with E-state index in [0.29, 0.717) is 23.3 Å². The average molecular weight is 317 g/mol. The van der Waals surface area contributed by atoms with Crippen LogP contribution in [-0.4, -0.2) is 11.8 Å². The van der Waals surface area contributed by atoms with E-state index in [1.54, 1.807) is 0 Å². The van der Waals surface area contributed by atoms with E-state index in [4.69, 9.17) is 13.9 Å². The zero-order valence-electron chi connectivity index (χ0n) is 11.5. The number of rotatable bonds is 3. The Morgan fingerprint density at radius 2 is 2.14 bits per heavy atom. The Morgan fingerprint density at radius 1 is 1.23 bits per heavy atom. The lowest BCUT2D eigenvalue weighted by Crippen LogP contribution is -2.13. The van der Waals surface area contributed by atoms with Crippen LogP contribution in [0.2, 0.25) is 0 Å². The van der Waals surface area contributed by atoms with E-state index < -0.39 is 0 Å². The fourth-order valence-electron chi connectivity index (χ4n) is 2.42. The van der Waals surface area contributed by atoms with E-state index in [-0.39, 0.29) is 12.6 Å². The van der Waals surface area contributed by atoms with Crippen molar-refractivity contribution in [3.8, 4) is 5.75 Å². The smallest absolute Gasteiger partial charge is 0.257 e. The van der Waals surface area contributed by atoms with Gasteiger partial charge in [0.05, 0.1) is 6.61 Å². The summed E-state index contributed by atoms with van der Waals surface area (Å²) in [4.78, 5) is 4.40. The van der Waals surface area contributed by atoms with Crippen LogP contribution in [0, 0.1) is 5.82 Å². The highest BCUT2D eigenvalue weighted by Gasteiger charge is 2.18. The van der Waals surface area contributed by atoms with Crippen molar-refractivity contribution in [2.45, 2.75) is 17.6 Å². The number of hydrogen-bond donors (Lipinski definition) is 0. The van der Waals surface area contributed by atoms with E-state index in [2.05, 4.69) is 4.98 Å². The molecule has 0 unspecified atom stereocenters. The summed E-state index contributed by atoms with van der Waals surface area (Å²) in [7, 11) is 0. The van der Waals surface area contributed by atoms with Crippen molar-refractivity contribution in [1.82, 2.24) is 4.98 Å². The Hall–Kier alpha value is -2.05. The number of nitrogens with zero attached hydrogens (tertiary/aromatic N) is 1. The molecule has 1 aliphatic rings. The summed E-state index contributed by atoms with van der Waals surface area (Å²) < 4.78 is 30.0. The lowest BCUT2D eigenvalue weighted by Gasteiger charge is -2.20. The SMILES string of the molecule is Fc1cc2c(c(CSc3nc4ccccc4o3)c1)OCOC2. The number of fused-ring (bicyclic) bond motifs is 2. The molecule has 2 aromatic carbocycles. The molecule has 0 N–H and O–H groups in total. The summed E-state index contributed by atoms with van der Waals surface area (Å²) in [5, 5.41) is 0.561.